The van der Waals surface area contributed by atoms with Crippen LogP contribution in [0.15, 0.2) is 42.5 Å². The van der Waals surface area contributed by atoms with Gasteiger partial charge in [-0.1, -0.05) is 66.9 Å². The van der Waals surface area contributed by atoms with E-state index in [1.54, 1.807) is 16.7 Å². The molecule has 0 aliphatic carbocycles. The fraction of sp³-hybridized carbons (Fsp3) is 0.462. The number of nitrogens with one attached hydrogen (secondary N) is 1. The van der Waals surface area contributed by atoms with Gasteiger partial charge >= 0.3 is 0 Å². The summed E-state index contributed by atoms with van der Waals surface area (Å²) in [6.45, 7) is 10.5. The van der Waals surface area contributed by atoms with Gasteiger partial charge < -0.3 is 10.2 Å². The molecule has 0 spiro atoms. The van der Waals surface area contributed by atoms with Crippen molar-refractivity contribution < 1.29 is 9.59 Å². The van der Waals surface area contributed by atoms with Gasteiger partial charge in [-0.3, -0.25) is 9.59 Å². The molecule has 0 radical (unpaired) electrons. The highest BCUT2D eigenvalue weighted by Gasteiger charge is 2.29. The van der Waals surface area contributed by atoms with Crippen LogP contribution in [0.5, 0.6) is 0 Å². The normalized spacial score (nSPS) is 12.8. The van der Waals surface area contributed by atoms with Crippen LogP contribution in [0.25, 0.3) is 0 Å². The first kappa shape index (κ1) is 26.3. The number of benzene rings is 2. The summed E-state index contributed by atoms with van der Waals surface area (Å²) in [5, 5.41) is 3.69. The molecule has 6 heteroatoms. The van der Waals surface area contributed by atoms with Crippen LogP contribution >= 0.6 is 23.4 Å². The molecule has 0 unspecified atom stereocenters. The Labute approximate surface area is 202 Å². The van der Waals surface area contributed by atoms with Gasteiger partial charge in [0.15, 0.2) is 0 Å². The third kappa shape index (κ3) is 8.18. The minimum Gasteiger partial charge on any atom is -0.352 e. The number of aryl methyl sites for hydroxylation is 2. The Kier molecular flexibility index (Phi) is 10.6. The standard InChI is InChI=1S/C26H35ClN2O2S/c1-6-20(5)28-26(31)24(7-2)29(15-21-8-10-23(27)11-9-21)25(30)17-32-16-22-13-18(3)12-19(4)14-22/h8-14,20,24H,6-7,15-17H2,1-5H3,(H,28,31)/t20-,24-/m0/s1. The molecule has 174 valence electrons. The zero-order chi connectivity index (χ0) is 23.7. The predicted octanol–water partition coefficient (Wildman–Crippen LogP) is 5.91. The highest BCUT2D eigenvalue weighted by atomic mass is 35.5. The number of hydrogen-bond acceptors (Lipinski definition) is 3. The molecular weight excluding hydrogens is 440 g/mol. The summed E-state index contributed by atoms with van der Waals surface area (Å²) >= 11 is 7.61. The molecule has 0 saturated carbocycles. The maximum absolute atomic E-state index is 13.3. The number of carbonyl (C=O) groups is 2. The molecular formula is C26H35ClN2O2S. The highest BCUT2D eigenvalue weighted by Crippen LogP contribution is 2.20. The van der Waals surface area contributed by atoms with Gasteiger partial charge in [0, 0.05) is 23.4 Å². The summed E-state index contributed by atoms with van der Waals surface area (Å²) in [7, 11) is 0. The topological polar surface area (TPSA) is 49.4 Å². The molecule has 0 saturated heterocycles. The number of nitrogens with zero attached hydrogens (tertiary/aromatic N) is 1. The minimum atomic E-state index is -0.506. The molecule has 2 rings (SSSR count). The molecule has 2 aromatic carbocycles. The van der Waals surface area contributed by atoms with E-state index in [0.29, 0.717) is 23.7 Å². The number of hydrogen-bond donors (Lipinski definition) is 1. The summed E-state index contributed by atoms with van der Waals surface area (Å²) in [6, 6.07) is 13.5. The second-order valence-electron chi connectivity index (χ2n) is 8.38. The Morgan fingerprint density at radius 3 is 2.19 bits per heavy atom. The first-order valence-corrected chi connectivity index (χ1v) is 12.8. The third-order valence-corrected chi connectivity index (χ3v) is 6.67. The summed E-state index contributed by atoms with van der Waals surface area (Å²) < 4.78 is 0. The lowest BCUT2D eigenvalue weighted by Crippen LogP contribution is -2.51. The van der Waals surface area contributed by atoms with Crippen LogP contribution in [0.3, 0.4) is 0 Å². The van der Waals surface area contributed by atoms with Gasteiger partial charge in [0.2, 0.25) is 11.8 Å². The summed E-state index contributed by atoms with van der Waals surface area (Å²) in [6.07, 6.45) is 1.41. The van der Waals surface area contributed by atoms with E-state index in [1.807, 2.05) is 45.0 Å². The van der Waals surface area contributed by atoms with E-state index in [0.717, 1.165) is 17.7 Å². The van der Waals surface area contributed by atoms with E-state index in [4.69, 9.17) is 11.6 Å². The van der Waals surface area contributed by atoms with E-state index in [-0.39, 0.29) is 17.9 Å². The van der Waals surface area contributed by atoms with Gasteiger partial charge in [0.1, 0.15) is 6.04 Å². The van der Waals surface area contributed by atoms with Crippen molar-refractivity contribution in [2.45, 2.75) is 71.8 Å². The molecule has 1 N–H and O–H groups in total. The SMILES string of the molecule is CC[C@H](C)NC(=O)[C@H](CC)N(Cc1ccc(Cl)cc1)C(=O)CSCc1cc(C)cc(C)c1. The lowest BCUT2D eigenvalue weighted by Gasteiger charge is -2.31. The lowest BCUT2D eigenvalue weighted by molar-refractivity contribution is -0.139. The van der Waals surface area contributed by atoms with Crippen LogP contribution in [0.1, 0.15) is 55.9 Å². The van der Waals surface area contributed by atoms with E-state index in [1.165, 1.54) is 16.7 Å². The zero-order valence-electron chi connectivity index (χ0n) is 19.8. The molecule has 4 nitrogen and oxygen atoms in total. The Balaban J connectivity index is 2.14. The lowest BCUT2D eigenvalue weighted by atomic mass is 10.1. The van der Waals surface area contributed by atoms with Gasteiger partial charge in [0.25, 0.3) is 0 Å². The molecule has 32 heavy (non-hydrogen) atoms. The fourth-order valence-corrected chi connectivity index (χ4v) is 4.61. The largest absolute Gasteiger partial charge is 0.352 e. The molecule has 0 aliphatic heterocycles. The van der Waals surface area contributed by atoms with Crippen LogP contribution in [-0.4, -0.2) is 34.6 Å². The van der Waals surface area contributed by atoms with Crippen molar-refractivity contribution in [3.05, 3.63) is 69.7 Å². The summed E-state index contributed by atoms with van der Waals surface area (Å²) in [5.74, 6) is 0.969. The average Bonchev–Trinajstić information content (AvgIpc) is 2.74. The van der Waals surface area contributed by atoms with Crippen LogP contribution < -0.4 is 5.32 Å². The number of thioether (sulfide) groups is 1. The molecule has 2 atom stereocenters. The molecule has 0 fully saturated rings. The molecule has 0 aromatic heterocycles. The number of carbonyl (C=O) groups excluding carboxylic acids is 2. The predicted molar refractivity (Wildman–Crippen MR) is 136 cm³/mol. The van der Waals surface area contributed by atoms with E-state index in [2.05, 4.69) is 37.4 Å². The van der Waals surface area contributed by atoms with Crippen LogP contribution in [0.4, 0.5) is 0 Å². The second-order valence-corrected chi connectivity index (χ2v) is 9.80. The molecule has 2 aromatic rings. The van der Waals surface area contributed by atoms with Crippen molar-refractivity contribution in [1.29, 1.82) is 0 Å². The fourth-order valence-electron chi connectivity index (χ4n) is 3.64. The maximum Gasteiger partial charge on any atom is 0.243 e. The summed E-state index contributed by atoms with van der Waals surface area (Å²) in [5.41, 5.74) is 4.62. The Hall–Kier alpha value is -1.98. The monoisotopic (exact) mass is 474 g/mol. The first-order valence-electron chi connectivity index (χ1n) is 11.2. The van der Waals surface area contributed by atoms with Gasteiger partial charge in [-0.25, -0.2) is 0 Å². The van der Waals surface area contributed by atoms with Crippen molar-refractivity contribution in [3.63, 3.8) is 0 Å². The van der Waals surface area contributed by atoms with Crippen molar-refractivity contribution in [3.8, 4) is 0 Å². The highest BCUT2D eigenvalue weighted by molar-refractivity contribution is 7.99. The molecule has 0 bridgehead atoms. The molecule has 0 heterocycles. The average molecular weight is 475 g/mol. The van der Waals surface area contributed by atoms with Crippen molar-refractivity contribution in [1.82, 2.24) is 10.2 Å². The number of rotatable bonds is 11. The number of halogens is 1. The van der Waals surface area contributed by atoms with Crippen molar-refractivity contribution in [2.75, 3.05) is 5.75 Å². The smallest absolute Gasteiger partial charge is 0.243 e. The quantitative estimate of drug-likeness (QED) is 0.440. The van der Waals surface area contributed by atoms with Gasteiger partial charge in [-0.05, 0) is 56.9 Å². The van der Waals surface area contributed by atoms with Crippen LogP contribution in [-0.2, 0) is 21.9 Å². The third-order valence-electron chi connectivity index (χ3n) is 5.43. The molecule has 0 aliphatic rings. The van der Waals surface area contributed by atoms with E-state index >= 15 is 0 Å². The van der Waals surface area contributed by atoms with Crippen LogP contribution in [0.2, 0.25) is 5.02 Å². The first-order chi connectivity index (χ1) is 15.2. The minimum absolute atomic E-state index is 0.0273. The van der Waals surface area contributed by atoms with Gasteiger partial charge in [-0.2, -0.15) is 0 Å². The second kappa shape index (κ2) is 12.9. The Morgan fingerprint density at radius 1 is 1.00 bits per heavy atom. The van der Waals surface area contributed by atoms with Gasteiger partial charge in [0.05, 0.1) is 5.75 Å². The maximum atomic E-state index is 13.3. The Bertz CT molecular complexity index is 881. The zero-order valence-corrected chi connectivity index (χ0v) is 21.4. The van der Waals surface area contributed by atoms with Crippen LogP contribution in [0, 0.1) is 13.8 Å². The van der Waals surface area contributed by atoms with Crippen molar-refractivity contribution in [2.24, 2.45) is 0 Å². The Morgan fingerprint density at radius 2 is 1.62 bits per heavy atom. The summed E-state index contributed by atoms with van der Waals surface area (Å²) in [4.78, 5) is 28.0. The van der Waals surface area contributed by atoms with Crippen molar-refractivity contribution >= 4 is 35.2 Å². The van der Waals surface area contributed by atoms with E-state index < -0.39 is 6.04 Å². The molecule has 2 amide bonds. The van der Waals surface area contributed by atoms with Gasteiger partial charge in [-0.15, -0.1) is 11.8 Å². The number of amides is 2. The van der Waals surface area contributed by atoms with E-state index in [9.17, 15) is 9.59 Å².